The highest BCUT2D eigenvalue weighted by Gasteiger charge is 2.18. The van der Waals surface area contributed by atoms with Crippen LogP contribution >= 0.6 is 0 Å². The summed E-state index contributed by atoms with van der Waals surface area (Å²) >= 11 is 0. The van der Waals surface area contributed by atoms with E-state index in [4.69, 9.17) is 4.74 Å². The lowest BCUT2D eigenvalue weighted by atomic mass is 10.0. The number of aliphatic hydroxyl groups excluding tert-OH is 2. The van der Waals surface area contributed by atoms with Crippen molar-refractivity contribution < 1.29 is 24.5 Å². The number of nitrogens with one attached hydrogen (secondary N) is 1. The van der Waals surface area contributed by atoms with E-state index in [9.17, 15) is 19.8 Å². The van der Waals surface area contributed by atoms with E-state index in [2.05, 4.69) is 19.2 Å². The first-order valence-corrected chi connectivity index (χ1v) is 30.0. The Morgan fingerprint density at radius 3 is 1.03 bits per heavy atom. The number of unbranched alkanes of at least 4 members (excludes halogenated alkanes) is 45. The molecule has 0 fully saturated rings. The SMILES string of the molecule is CCCCCCCCCCCCCCCCCC/C=C/C(O)C(CO)NC(=O)CCCCCCCCCCCCCCOC(=O)CCCCCCCCCCCCCCCCCCCCC. The minimum absolute atomic E-state index is 0.00520. The van der Waals surface area contributed by atoms with Gasteiger partial charge in [0.25, 0.3) is 0 Å². The highest BCUT2D eigenvalue weighted by molar-refractivity contribution is 5.76. The normalized spacial score (nSPS) is 12.6. The van der Waals surface area contributed by atoms with Gasteiger partial charge in [-0.25, -0.2) is 0 Å². The molecule has 0 spiro atoms. The van der Waals surface area contributed by atoms with Crippen LogP contribution in [0.4, 0.5) is 0 Å². The molecular formula is C60H117NO5. The zero-order valence-corrected chi connectivity index (χ0v) is 44.7. The van der Waals surface area contributed by atoms with Crippen LogP contribution in [0.2, 0.25) is 0 Å². The number of hydrogen-bond donors (Lipinski definition) is 3. The molecule has 2 atom stereocenters. The number of hydrogen-bond acceptors (Lipinski definition) is 5. The zero-order valence-electron chi connectivity index (χ0n) is 44.7. The average Bonchev–Trinajstić information content (AvgIpc) is 3.32. The molecule has 0 aromatic heterocycles. The van der Waals surface area contributed by atoms with Crippen molar-refractivity contribution in [2.75, 3.05) is 13.2 Å². The van der Waals surface area contributed by atoms with Crippen molar-refractivity contribution in [3.63, 3.8) is 0 Å². The summed E-state index contributed by atoms with van der Waals surface area (Å²) in [6, 6.07) is -0.639. The molecule has 66 heavy (non-hydrogen) atoms. The fraction of sp³-hybridized carbons (Fsp3) is 0.933. The minimum atomic E-state index is -0.854. The fourth-order valence-corrected chi connectivity index (χ4v) is 9.46. The van der Waals surface area contributed by atoms with E-state index in [1.807, 2.05) is 6.08 Å². The van der Waals surface area contributed by atoms with Gasteiger partial charge < -0.3 is 20.3 Å². The van der Waals surface area contributed by atoms with Gasteiger partial charge in [0.15, 0.2) is 0 Å². The Morgan fingerprint density at radius 1 is 0.409 bits per heavy atom. The predicted molar refractivity (Wildman–Crippen MR) is 287 cm³/mol. The Balaban J connectivity index is 3.45. The van der Waals surface area contributed by atoms with Crippen molar-refractivity contribution in [3.05, 3.63) is 12.2 Å². The maximum absolute atomic E-state index is 12.5. The van der Waals surface area contributed by atoms with Crippen LogP contribution < -0.4 is 5.32 Å². The first-order chi connectivity index (χ1) is 32.5. The third-order valence-electron chi connectivity index (χ3n) is 14.1. The van der Waals surface area contributed by atoms with E-state index in [1.54, 1.807) is 6.08 Å². The minimum Gasteiger partial charge on any atom is -0.466 e. The second kappa shape index (κ2) is 56.2. The lowest BCUT2D eigenvalue weighted by molar-refractivity contribution is -0.143. The molecule has 3 N–H and O–H groups in total. The number of ether oxygens (including phenoxy) is 1. The van der Waals surface area contributed by atoms with E-state index in [1.165, 1.54) is 250 Å². The molecule has 0 aromatic rings. The zero-order chi connectivity index (χ0) is 47.9. The number of carbonyl (C=O) groups is 2. The van der Waals surface area contributed by atoms with Crippen molar-refractivity contribution in [2.45, 2.75) is 347 Å². The van der Waals surface area contributed by atoms with Gasteiger partial charge >= 0.3 is 5.97 Å². The van der Waals surface area contributed by atoms with E-state index in [0.29, 0.717) is 19.4 Å². The van der Waals surface area contributed by atoms with Crippen LogP contribution in [0.1, 0.15) is 335 Å². The van der Waals surface area contributed by atoms with Crippen molar-refractivity contribution in [1.82, 2.24) is 5.32 Å². The second-order valence-electron chi connectivity index (χ2n) is 20.7. The highest BCUT2D eigenvalue weighted by Crippen LogP contribution is 2.18. The van der Waals surface area contributed by atoms with Crippen LogP contribution in [-0.2, 0) is 14.3 Å². The number of carbonyl (C=O) groups excluding carboxylic acids is 2. The van der Waals surface area contributed by atoms with Gasteiger partial charge in [-0.1, -0.05) is 302 Å². The lowest BCUT2D eigenvalue weighted by Gasteiger charge is -2.20. The molecule has 0 heterocycles. The summed E-state index contributed by atoms with van der Waals surface area (Å²) in [6.07, 6.45) is 66.6. The fourth-order valence-electron chi connectivity index (χ4n) is 9.46. The summed E-state index contributed by atoms with van der Waals surface area (Å²) in [5.74, 6) is -0.0853. The predicted octanol–water partition coefficient (Wildman–Crippen LogP) is 18.5. The molecule has 0 aliphatic heterocycles. The van der Waals surface area contributed by atoms with Crippen molar-refractivity contribution in [1.29, 1.82) is 0 Å². The first-order valence-electron chi connectivity index (χ1n) is 30.0. The molecule has 0 rings (SSSR count). The van der Waals surface area contributed by atoms with Gasteiger partial charge in [0.2, 0.25) is 5.91 Å². The summed E-state index contributed by atoms with van der Waals surface area (Å²) in [5.41, 5.74) is 0. The van der Waals surface area contributed by atoms with Gasteiger partial charge in [-0.05, 0) is 32.1 Å². The van der Waals surface area contributed by atoms with Crippen molar-refractivity contribution >= 4 is 11.9 Å². The highest BCUT2D eigenvalue weighted by atomic mass is 16.5. The van der Waals surface area contributed by atoms with Crippen LogP contribution in [0.5, 0.6) is 0 Å². The summed E-state index contributed by atoms with van der Waals surface area (Å²) in [7, 11) is 0. The number of allylic oxidation sites excluding steroid dienone is 1. The Hall–Kier alpha value is -1.40. The number of amides is 1. The Morgan fingerprint density at radius 2 is 0.697 bits per heavy atom. The summed E-state index contributed by atoms with van der Waals surface area (Å²) in [5, 5.41) is 23.1. The molecule has 0 bridgehead atoms. The monoisotopic (exact) mass is 932 g/mol. The molecule has 392 valence electrons. The Labute approximate surface area is 412 Å². The largest absolute Gasteiger partial charge is 0.466 e. The van der Waals surface area contributed by atoms with E-state index in [-0.39, 0.29) is 18.5 Å². The van der Waals surface area contributed by atoms with Gasteiger partial charge in [-0.3, -0.25) is 9.59 Å². The smallest absolute Gasteiger partial charge is 0.305 e. The summed E-state index contributed by atoms with van der Waals surface area (Å²) in [6.45, 7) is 4.90. The summed E-state index contributed by atoms with van der Waals surface area (Å²) in [4.78, 5) is 24.6. The molecule has 6 heteroatoms. The van der Waals surface area contributed by atoms with Gasteiger partial charge in [0.05, 0.1) is 25.4 Å². The molecule has 1 amide bonds. The van der Waals surface area contributed by atoms with Gasteiger partial charge in [0.1, 0.15) is 0 Å². The van der Waals surface area contributed by atoms with Gasteiger partial charge in [-0.15, -0.1) is 0 Å². The van der Waals surface area contributed by atoms with E-state index < -0.39 is 12.1 Å². The molecule has 0 radical (unpaired) electrons. The third kappa shape index (κ3) is 52.0. The topological polar surface area (TPSA) is 95.9 Å². The van der Waals surface area contributed by atoms with Gasteiger partial charge in [-0.2, -0.15) is 0 Å². The van der Waals surface area contributed by atoms with Crippen LogP contribution in [0.15, 0.2) is 12.2 Å². The molecule has 6 nitrogen and oxygen atoms in total. The molecule has 0 saturated heterocycles. The Bertz CT molecular complexity index is 986. The van der Waals surface area contributed by atoms with E-state index >= 15 is 0 Å². The van der Waals surface area contributed by atoms with Crippen molar-refractivity contribution in [3.8, 4) is 0 Å². The number of esters is 1. The molecular weight excluding hydrogens is 815 g/mol. The molecule has 0 saturated carbocycles. The number of rotatable bonds is 56. The maximum atomic E-state index is 12.5. The average molecular weight is 933 g/mol. The summed E-state index contributed by atoms with van der Waals surface area (Å²) < 4.78 is 5.49. The molecule has 0 aliphatic rings. The number of aliphatic hydroxyl groups is 2. The van der Waals surface area contributed by atoms with E-state index in [0.717, 1.165) is 57.8 Å². The molecule has 0 aliphatic carbocycles. The maximum Gasteiger partial charge on any atom is 0.305 e. The molecule has 0 aromatic carbocycles. The third-order valence-corrected chi connectivity index (χ3v) is 14.1. The second-order valence-corrected chi connectivity index (χ2v) is 20.7. The first kappa shape index (κ1) is 64.6. The van der Waals surface area contributed by atoms with Gasteiger partial charge in [0, 0.05) is 12.8 Å². The quantitative estimate of drug-likeness (QED) is 0.0321. The van der Waals surface area contributed by atoms with Crippen LogP contribution in [0, 0.1) is 0 Å². The van der Waals surface area contributed by atoms with Crippen molar-refractivity contribution in [2.24, 2.45) is 0 Å². The molecule has 2 unspecified atom stereocenters. The van der Waals surface area contributed by atoms with Crippen LogP contribution in [0.25, 0.3) is 0 Å². The Kier molecular flexibility index (Phi) is 55.0. The van der Waals surface area contributed by atoms with Crippen LogP contribution in [-0.4, -0.2) is 47.4 Å². The standard InChI is InChI=1S/C60H117NO5/c1-3-5-7-9-11-13-15-17-19-21-23-25-27-29-34-38-42-46-50-54-60(65)66-55-51-47-43-39-35-31-30-33-37-41-45-49-53-59(64)61-57(56-62)58(63)52-48-44-40-36-32-28-26-24-22-20-18-16-14-12-10-8-6-4-2/h48,52,57-58,62-63H,3-47,49-51,53-56H2,1-2H3,(H,61,64)/b52-48+. The van der Waals surface area contributed by atoms with Crippen LogP contribution in [0.3, 0.4) is 0 Å². The lowest BCUT2D eigenvalue weighted by Crippen LogP contribution is -2.45.